The summed E-state index contributed by atoms with van der Waals surface area (Å²) in [5, 5.41) is 14.6. The van der Waals surface area contributed by atoms with Gasteiger partial charge in [-0.05, 0) is 12.5 Å². The normalized spacial score (nSPS) is 11.7. The summed E-state index contributed by atoms with van der Waals surface area (Å²) in [7, 11) is 0. The van der Waals surface area contributed by atoms with Crippen molar-refractivity contribution in [2.24, 2.45) is 0 Å². The lowest BCUT2D eigenvalue weighted by molar-refractivity contribution is -0.142. The molecule has 0 aliphatic heterocycles. The summed E-state index contributed by atoms with van der Waals surface area (Å²) < 4.78 is 0. The number of aryl methyl sites for hydroxylation is 1. The molecular weight excluding hydrogens is 348 g/mol. The largest absolute Gasteiger partial charge is 0.479 e. The molecule has 0 saturated carbocycles. The van der Waals surface area contributed by atoms with Crippen LogP contribution in [0.3, 0.4) is 0 Å². The maximum atomic E-state index is 12.3. The highest BCUT2D eigenvalue weighted by Crippen LogP contribution is 2.24. The number of hydrogen-bond donors (Lipinski definition) is 2. The minimum atomic E-state index is -1.09. The molecule has 1 atom stereocenters. The monoisotopic (exact) mass is 366 g/mol. The summed E-state index contributed by atoms with van der Waals surface area (Å²) in [6, 6.07) is 15.6. The highest BCUT2D eigenvalue weighted by molar-refractivity contribution is 7.13. The van der Waals surface area contributed by atoms with Crippen LogP contribution in [0.4, 0.5) is 0 Å². The van der Waals surface area contributed by atoms with Crippen molar-refractivity contribution in [3.05, 3.63) is 76.8 Å². The summed E-state index contributed by atoms with van der Waals surface area (Å²) in [6.07, 6.45) is 0.0406. The number of carboxylic acids is 1. The maximum absolute atomic E-state index is 12.3. The van der Waals surface area contributed by atoms with Gasteiger partial charge in [-0.25, -0.2) is 9.78 Å². The van der Waals surface area contributed by atoms with Crippen molar-refractivity contribution in [1.29, 1.82) is 0 Å². The molecule has 1 unspecified atom stereocenters. The van der Waals surface area contributed by atoms with Crippen molar-refractivity contribution >= 4 is 23.2 Å². The molecule has 1 heterocycles. The highest BCUT2D eigenvalue weighted by Gasteiger charge is 2.22. The van der Waals surface area contributed by atoms with Crippen molar-refractivity contribution in [2.45, 2.75) is 19.4 Å². The number of hydrogen-bond acceptors (Lipinski definition) is 4. The molecule has 2 aromatic carbocycles. The molecular formula is C20H18N2O3S. The van der Waals surface area contributed by atoms with Crippen LogP contribution < -0.4 is 5.32 Å². The molecule has 0 bridgehead atoms. The first-order valence-corrected chi connectivity index (χ1v) is 8.99. The van der Waals surface area contributed by atoms with Gasteiger partial charge in [0.05, 0.1) is 12.1 Å². The van der Waals surface area contributed by atoms with Crippen LogP contribution in [0.15, 0.2) is 60.0 Å². The Hall–Kier alpha value is -2.99. The van der Waals surface area contributed by atoms with Crippen LogP contribution in [0.2, 0.25) is 0 Å². The first-order valence-electron chi connectivity index (χ1n) is 8.11. The Labute approximate surface area is 155 Å². The standard InChI is InChI=1S/C20H18N2O3S/c1-13-7-9-15(10-8-13)19-21-16(12-26-19)11-17(23)22-18(20(24)25)14-5-3-2-4-6-14/h2-10,12,18H,11H2,1H3,(H,22,23)(H,24,25). The van der Waals surface area contributed by atoms with E-state index in [4.69, 9.17) is 0 Å². The first-order chi connectivity index (χ1) is 12.5. The molecule has 0 saturated heterocycles. The predicted octanol–water partition coefficient (Wildman–Crippen LogP) is 3.60. The van der Waals surface area contributed by atoms with Gasteiger partial charge in [0, 0.05) is 10.9 Å². The van der Waals surface area contributed by atoms with Gasteiger partial charge in [-0.15, -0.1) is 11.3 Å². The average molecular weight is 366 g/mol. The zero-order chi connectivity index (χ0) is 18.5. The Balaban J connectivity index is 1.68. The molecule has 5 nitrogen and oxygen atoms in total. The molecule has 1 aromatic heterocycles. The number of nitrogens with one attached hydrogen (secondary N) is 1. The molecule has 132 valence electrons. The van der Waals surface area contributed by atoms with Crippen LogP contribution in [0.25, 0.3) is 10.6 Å². The summed E-state index contributed by atoms with van der Waals surface area (Å²) in [5.41, 5.74) is 3.33. The van der Waals surface area contributed by atoms with E-state index in [1.807, 2.05) is 36.6 Å². The van der Waals surface area contributed by atoms with Crippen molar-refractivity contribution < 1.29 is 14.7 Å². The number of aliphatic carboxylic acids is 1. The van der Waals surface area contributed by atoms with Gasteiger partial charge in [0.1, 0.15) is 5.01 Å². The van der Waals surface area contributed by atoms with Crippen LogP contribution in [0, 0.1) is 6.92 Å². The minimum Gasteiger partial charge on any atom is -0.479 e. The topological polar surface area (TPSA) is 79.3 Å². The number of amides is 1. The molecule has 0 aliphatic rings. The molecule has 2 N–H and O–H groups in total. The summed E-state index contributed by atoms with van der Waals surface area (Å²) in [5.74, 6) is -1.47. The van der Waals surface area contributed by atoms with E-state index in [2.05, 4.69) is 10.3 Å². The van der Waals surface area contributed by atoms with Crippen LogP contribution in [0.5, 0.6) is 0 Å². The third kappa shape index (κ3) is 4.34. The fourth-order valence-corrected chi connectivity index (χ4v) is 3.35. The lowest BCUT2D eigenvalue weighted by Crippen LogP contribution is -2.34. The first kappa shape index (κ1) is 17.8. The average Bonchev–Trinajstić information content (AvgIpc) is 3.09. The van der Waals surface area contributed by atoms with Gasteiger partial charge in [-0.3, -0.25) is 4.79 Å². The second kappa shape index (κ2) is 7.93. The number of benzene rings is 2. The number of thiazole rings is 1. The zero-order valence-electron chi connectivity index (χ0n) is 14.2. The van der Waals surface area contributed by atoms with E-state index in [1.54, 1.807) is 30.3 Å². The Kier molecular flexibility index (Phi) is 5.43. The summed E-state index contributed by atoms with van der Waals surface area (Å²) >= 11 is 1.46. The van der Waals surface area contributed by atoms with Gasteiger partial charge < -0.3 is 10.4 Å². The molecule has 1 amide bonds. The Morgan fingerprint density at radius 3 is 2.46 bits per heavy atom. The van der Waals surface area contributed by atoms with Crippen LogP contribution in [-0.4, -0.2) is 22.0 Å². The number of nitrogens with zero attached hydrogens (tertiary/aromatic N) is 1. The molecule has 3 rings (SSSR count). The molecule has 0 spiro atoms. The van der Waals surface area contributed by atoms with Crippen LogP contribution in [0.1, 0.15) is 22.9 Å². The fourth-order valence-electron chi connectivity index (χ4n) is 2.53. The van der Waals surface area contributed by atoms with Crippen molar-refractivity contribution in [2.75, 3.05) is 0 Å². The molecule has 0 fully saturated rings. The number of carboxylic acid groups (broad SMARTS) is 1. The van der Waals surface area contributed by atoms with Gasteiger partial charge in [0.15, 0.2) is 6.04 Å². The highest BCUT2D eigenvalue weighted by atomic mass is 32.1. The van der Waals surface area contributed by atoms with Crippen LogP contribution >= 0.6 is 11.3 Å². The molecule has 0 aliphatic carbocycles. The number of carbonyl (C=O) groups is 2. The number of aromatic nitrogens is 1. The Morgan fingerprint density at radius 2 is 1.81 bits per heavy atom. The van der Waals surface area contributed by atoms with Gasteiger partial charge in [-0.1, -0.05) is 60.2 Å². The van der Waals surface area contributed by atoms with Crippen molar-refractivity contribution in [1.82, 2.24) is 10.3 Å². The molecule has 0 radical (unpaired) electrons. The third-order valence-corrected chi connectivity index (χ3v) is 4.82. The maximum Gasteiger partial charge on any atom is 0.330 e. The third-order valence-electron chi connectivity index (χ3n) is 3.88. The lowest BCUT2D eigenvalue weighted by atomic mass is 10.1. The van der Waals surface area contributed by atoms with E-state index in [0.717, 1.165) is 10.6 Å². The number of rotatable bonds is 6. The zero-order valence-corrected chi connectivity index (χ0v) is 15.0. The molecule has 26 heavy (non-hydrogen) atoms. The van der Waals surface area contributed by atoms with Crippen molar-refractivity contribution in [3.8, 4) is 10.6 Å². The minimum absolute atomic E-state index is 0.0406. The molecule has 3 aromatic rings. The molecule has 6 heteroatoms. The van der Waals surface area contributed by atoms with Gasteiger partial charge in [0.25, 0.3) is 0 Å². The van der Waals surface area contributed by atoms with E-state index in [9.17, 15) is 14.7 Å². The van der Waals surface area contributed by atoms with E-state index < -0.39 is 12.0 Å². The van der Waals surface area contributed by atoms with Crippen LogP contribution in [-0.2, 0) is 16.0 Å². The quantitative estimate of drug-likeness (QED) is 0.699. The summed E-state index contributed by atoms with van der Waals surface area (Å²) in [4.78, 5) is 28.2. The predicted molar refractivity (Wildman–Crippen MR) is 101 cm³/mol. The number of carbonyl (C=O) groups excluding carboxylic acids is 1. The van der Waals surface area contributed by atoms with E-state index in [-0.39, 0.29) is 12.3 Å². The van der Waals surface area contributed by atoms with Gasteiger partial charge in [0.2, 0.25) is 5.91 Å². The Bertz CT molecular complexity index is 904. The second-order valence-corrected chi connectivity index (χ2v) is 6.79. The van der Waals surface area contributed by atoms with E-state index in [1.165, 1.54) is 16.9 Å². The van der Waals surface area contributed by atoms with Crippen molar-refractivity contribution in [3.63, 3.8) is 0 Å². The second-order valence-electron chi connectivity index (χ2n) is 5.94. The summed E-state index contributed by atoms with van der Waals surface area (Å²) in [6.45, 7) is 2.02. The SMILES string of the molecule is Cc1ccc(-c2nc(CC(=O)NC(C(=O)O)c3ccccc3)cs2)cc1. The fraction of sp³-hybridized carbons (Fsp3) is 0.150. The van der Waals surface area contributed by atoms with E-state index >= 15 is 0 Å². The van der Waals surface area contributed by atoms with E-state index in [0.29, 0.717) is 11.3 Å². The van der Waals surface area contributed by atoms with Gasteiger partial charge >= 0.3 is 5.97 Å². The lowest BCUT2D eigenvalue weighted by Gasteiger charge is -2.14. The van der Waals surface area contributed by atoms with Gasteiger partial charge in [-0.2, -0.15) is 0 Å². The Morgan fingerprint density at radius 1 is 1.12 bits per heavy atom. The smallest absolute Gasteiger partial charge is 0.330 e.